The van der Waals surface area contributed by atoms with Gasteiger partial charge in [0.15, 0.2) is 0 Å². The van der Waals surface area contributed by atoms with Gasteiger partial charge in [-0.3, -0.25) is 9.69 Å². The Bertz CT molecular complexity index is 893. The maximum absolute atomic E-state index is 14.4. The van der Waals surface area contributed by atoms with Crippen molar-refractivity contribution in [2.24, 2.45) is 0 Å². The lowest BCUT2D eigenvalue weighted by Crippen LogP contribution is -2.50. The third kappa shape index (κ3) is 3.72. The molecule has 3 nitrogen and oxygen atoms in total. The number of nitrogens with one attached hydrogen (secondary N) is 1. The van der Waals surface area contributed by atoms with Gasteiger partial charge in [-0.2, -0.15) is 0 Å². The Kier molecular flexibility index (Phi) is 5.27. The van der Waals surface area contributed by atoms with E-state index in [1.165, 1.54) is 6.07 Å². The molecule has 1 unspecified atom stereocenters. The number of hydrogen-bond donors (Lipinski definition) is 1. The Labute approximate surface area is 164 Å². The van der Waals surface area contributed by atoms with Gasteiger partial charge in [0.2, 0.25) is 5.91 Å². The van der Waals surface area contributed by atoms with Crippen molar-refractivity contribution in [3.05, 3.63) is 77.4 Å². The molecule has 1 fully saturated rings. The molecule has 0 spiro atoms. The summed E-state index contributed by atoms with van der Waals surface area (Å²) in [5.74, 6) is -0.935. The number of rotatable bonds is 5. The number of amides is 1. The van der Waals surface area contributed by atoms with Crippen LogP contribution >= 0.6 is 0 Å². The minimum Gasteiger partial charge on any atom is -0.352 e. The SMILES string of the molecule is CC(C(=O)NC1CCC1)N1CC(c2cc(F)ccc2F)=C[C@H]1c1ccccc1. The van der Waals surface area contributed by atoms with Gasteiger partial charge >= 0.3 is 0 Å². The normalized spacial score (nSPS) is 21.1. The van der Waals surface area contributed by atoms with Crippen molar-refractivity contribution in [1.29, 1.82) is 0 Å². The fourth-order valence-corrected chi connectivity index (χ4v) is 3.89. The molecule has 1 heterocycles. The zero-order chi connectivity index (χ0) is 19.7. The van der Waals surface area contributed by atoms with Gasteiger partial charge in [0.25, 0.3) is 0 Å². The van der Waals surface area contributed by atoms with Crippen molar-refractivity contribution in [2.45, 2.75) is 44.3 Å². The smallest absolute Gasteiger partial charge is 0.237 e. The van der Waals surface area contributed by atoms with Crippen molar-refractivity contribution in [2.75, 3.05) is 6.54 Å². The van der Waals surface area contributed by atoms with Gasteiger partial charge in [0.05, 0.1) is 12.1 Å². The first kappa shape index (κ1) is 18.8. The first-order valence-electron chi connectivity index (χ1n) is 9.80. The van der Waals surface area contributed by atoms with Crippen LogP contribution in [0.3, 0.4) is 0 Å². The Morgan fingerprint density at radius 2 is 1.89 bits per heavy atom. The predicted octanol–water partition coefficient (Wildman–Crippen LogP) is 4.46. The maximum atomic E-state index is 14.4. The van der Waals surface area contributed by atoms with E-state index in [1.807, 2.05) is 48.2 Å². The summed E-state index contributed by atoms with van der Waals surface area (Å²) in [6, 6.07) is 13.0. The van der Waals surface area contributed by atoms with Crippen LogP contribution in [-0.4, -0.2) is 29.4 Å². The molecule has 1 amide bonds. The largest absolute Gasteiger partial charge is 0.352 e. The molecule has 2 aliphatic rings. The summed E-state index contributed by atoms with van der Waals surface area (Å²) in [7, 11) is 0. The predicted molar refractivity (Wildman–Crippen MR) is 105 cm³/mol. The number of carbonyl (C=O) groups excluding carboxylic acids is 1. The van der Waals surface area contributed by atoms with Crippen LogP contribution in [0.2, 0.25) is 0 Å². The molecular weight excluding hydrogens is 358 g/mol. The van der Waals surface area contributed by atoms with Crippen LogP contribution in [0.15, 0.2) is 54.6 Å². The molecule has 1 aliphatic heterocycles. The zero-order valence-electron chi connectivity index (χ0n) is 15.9. The summed E-state index contributed by atoms with van der Waals surface area (Å²) in [5, 5.41) is 3.10. The molecule has 28 heavy (non-hydrogen) atoms. The number of nitrogens with zero attached hydrogens (tertiary/aromatic N) is 1. The first-order chi connectivity index (χ1) is 13.5. The highest BCUT2D eigenvalue weighted by Gasteiger charge is 2.35. The molecule has 0 saturated heterocycles. The fourth-order valence-electron chi connectivity index (χ4n) is 3.89. The van der Waals surface area contributed by atoms with E-state index >= 15 is 0 Å². The van der Waals surface area contributed by atoms with E-state index in [2.05, 4.69) is 5.32 Å². The van der Waals surface area contributed by atoms with E-state index in [1.54, 1.807) is 0 Å². The molecular formula is C23H24F2N2O. The molecule has 0 bridgehead atoms. The Hall–Kier alpha value is -2.53. The summed E-state index contributed by atoms with van der Waals surface area (Å²) in [5.41, 5.74) is 1.99. The average Bonchev–Trinajstić information content (AvgIpc) is 3.11. The minimum absolute atomic E-state index is 0.0139. The zero-order valence-corrected chi connectivity index (χ0v) is 15.9. The highest BCUT2D eigenvalue weighted by atomic mass is 19.1. The van der Waals surface area contributed by atoms with Crippen LogP contribution < -0.4 is 5.32 Å². The lowest BCUT2D eigenvalue weighted by molar-refractivity contribution is -0.127. The molecule has 1 aliphatic carbocycles. The molecule has 5 heteroatoms. The van der Waals surface area contributed by atoms with Gasteiger partial charge in [-0.1, -0.05) is 36.4 Å². The number of benzene rings is 2. The summed E-state index contributed by atoms with van der Waals surface area (Å²) >= 11 is 0. The van der Waals surface area contributed by atoms with Gasteiger partial charge < -0.3 is 5.32 Å². The number of halogens is 2. The van der Waals surface area contributed by atoms with Crippen LogP contribution in [-0.2, 0) is 4.79 Å². The van der Waals surface area contributed by atoms with E-state index in [4.69, 9.17) is 0 Å². The quantitative estimate of drug-likeness (QED) is 0.828. The van der Waals surface area contributed by atoms with Gasteiger partial charge in [-0.25, -0.2) is 8.78 Å². The summed E-state index contributed by atoms with van der Waals surface area (Å²) in [6.07, 6.45) is 5.15. The van der Waals surface area contributed by atoms with E-state index in [-0.39, 0.29) is 29.6 Å². The standard InChI is InChI=1S/C23H24F2N2O/c1-15(23(28)26-19-8-5-9-19)27-14-17(20-13-18(24)10-11-21(20)25)12-22(27)16-6-3-2-4-7-16/h2-4,6-7,10-13,15,19,22H,5,8-9,14H2,1H3,(H,26,28)/t15?,22-/m0/s1. The molecule has 2 aromatic carbocycles. The lowest BCUT2D eigenvalue weighted by Gasteiger charge is -2.33. The van der Waals surface area contributed by atoms with E-state index in [9.17, 15) is 13.6 Å². The van der Waals surface area contributed by atoms with Gasteiger partial charge in [-0.15, -0.1) is 0 Å². The van der Waals surface area contributed by atoms with Crippen LogP contribution in [0, 0.1) is 11.6 Å². The van der Waals surface area contributed by atoms with Crippen LogP contribution in [0.5, 0.6) is 0 Å². The Morgan fingerprint density at radius 1 is 1.14 bits per heavy atom. The van der Waals surface area contributed by atoms with E-state index < -0.39 is 11.6 Å². The summed E-state index contributed by atoms with van der Waals surface area (Å²) in [4.78, 5) is 14.8. The second-order valence-electron chi connectivity index (χ2n) is 7.66. The third-order valence-electron chi connectivity index (χ3n) is 5.81. The third-order valence-corrected chi connectivity index (χ3v) is 5.81. The van der Waals surface area contributed by atoms with Crippen molar-refractivity contribution >= 4 is 11.5 Å². The van der Waals surface area contributed by atoms with Crippen LogP contribution in [0.4, 0.5) is 8.78 Å². The fraction of sp³-hybridized carbons (Fsp3) is 0.348. The average molecular weight is 382 g/mol. The van der Waals surface area contributed by atoms with Crippen molar-refractivity contribution in [1.82, 2.24) is 10.2 Å². The number of hydrogen-bond acceptors (Lipinski definition) is 2. The van der Waals surface area contributed by atoms with Gasteiger partial charge in [0, 0.05) is 18.2 Å². The maximum Gasteiger partial charge on any atom is 0.237 e. The van der Waals surface area contributed by atoms with Crippen molar-refractivity contribution < 1.29 is 13.6 Å². The topological polar surface area (TPSA) is 32.3 Å². The molecule has 4 rings (SSSR count). The second kappa shape index (κ2) is 7.84. The highest BCUT2D eigenvalue weighted by molar-refractivity contribution is 5.83. The van der Waals surface area contributed by atoms with E-state index in [0.29, 0.717) is 12.1 Å². The monoisotopic (exact) mass is 382 g/mol. The van der Waals surface area contributed by atoms with Crippen LogP contribution in [0.25, 0.3) is 5.57 Å². The first-order valence-corrected chi connectivity index (χ1v) is 9.80. The Balaban J connectivity index is 1.63. The second-order valence-corrected chi connectivity index (χ2v) is 7.66. The molecule has 146 valence electrons. The van der Waals surface area contributed by atoms with Crippen molar-refractivity contribution in [3.63, 3.8) is 0 Å². The Morgan fingerprint density at radius 3 is 2.57 bits per heavy atom. The van der Waals surface area contributed by atoms with Crippen LogP contribution in [0.1, 0.15) is 43.4 Å². The molecule has 2 atom stereocenters. The van der Waals surface area contributed by atoms with Gasteiger partial charge in [0.1, 0.15) is 11.6 Å². The van der Waals surface area contributed by atoms with Gasteiger partial charge in [-0.05, 0) is 55.5 Å². The molecule has 0 radical (unpaired) electrons. The molecule has 2 aromatic rings. The molecule has 0 aromatic heterocycles. The summed E-state index contributed by atoms with van der Waals surface area (Å²) < 4.78 is 28.1. The van der Waals surface area contributed by atoms with E-state index in [0.717, 1.165) is 37.0 Å². The highest BCUT2D eigenvalue weighted by Crippen LogP contribution is 2.37. The molecule has 1 saturated carbocycles. The molecule has 1 N–H and O–H groups in total. The van der Waals surface area contributed by atoms with Crippen molar-refractivity contribution in [3.8, 4) is 0 Å². The minimum atomic E-state index is -0.470. The summed E-state index contributed by atoms with van der Waals surface area (Å²) in [6.45, 7) is 2.27. The lowest BCUT2D eigenvalue weighted by atomic mass is 9.93. The number of carbonyl (C=O) groups is 1.